The molecule has 27 heavy (non-hydrogen) atoms. The maximum absolute atomic E-state index is 6.27. The number of methoxy groups -OCH3 is 2. The standard InChI is InChI=1S/C21H26N4O2/c1-4-12-23-20-16-7-5-6-8-17(16)25(21(22)24-20)13-11-15-9-10-18(26-2)19(14-15)27-3/h5-10,14H,4,11-13H2,1-3H3,(H2,22,23,24). The first-order chi connectivity index (χ1) is 13.2. The lowest BCUT2D eigenvalue weighted by atomic mass is 10.1. The zero-order valence-corrected chi connectivity index (χ0v) is 16.1. The third kappa shape index (κ3) is 4.05. The van der Waals surface area contributed by atoms with Crippen LogP contribution in [0.25, 0.3) is 10.9 Å². The first-order valence-corrected chi connectivity index (χ1v) is 9.14. The summed E-state index contributed by atoms with van der Waals surface area (Å²) in [5, 5.41) is 1.02. The van der Waals surface area contributed by atoms with Gasteiger partial charge in [-0.25, -0.2) is 0 Å². The minimum atomic E-state index is 0.476. The molecule has 3 aromatic rings. The van der Waals surface area contributed by atoms with Crippen LogP contribution in [-0.2, 0) is 13.0 Å². The summed E-state index contributed by atoms with van der Waals surface area (Å²) in [7, 11) is 3.28. The van der Waals surface area contributed by atoms with E-state index in [9.17, 15) is 0 Å². The Morgan fingerprint density at radius 2 is 1.85 bits per heavy atom. The normalized spacial score (nSPS) is 11.7. The van der Waals surface area contributed by atoms with Gasteiger partial charge in [0.1, 0.15) is 0 Å². The Labute approximate surface area is 159 Å². The van der Waals surface area contributed by atoms with Crippen molar-refractivity contribution < 1.29 is 9.47 Å². The van der Waals surface area contributed by atoms with Crippen molar-refractivity contribution in [1.82, 2.24) is 9.55 Å². The zero-order valence-electron chi connectivity index (χ0n) is 16.1. The molecule has 0 saturated heterocycles. The number of hydrogen-bond acceptors (Lipinski definition) is 5. The Hall–Kier alpha value is -3.02. The molecule has 0 radical (unpaired) electrons. The lowest BCUT2D eigenvalue weighted by Gasteiger charge is -2.15. The summed E-state index contributed by atoms with van der Waals surface area (Å²) < 4.78 is 12.7. The fraction of sp³-hybridized carbons (Fsp3) is 0.333. The maximum Gasteiger partial charge on any atom is 0.202 e. The average Bonchev–Trinajstić information content (AvgIpc) is 2.71. The molecule has 0 amide bonds. The van der Waals surface area contributed by atoms with E-state index in [4.69, 9.17) is 15.2 Å². The number of aryl methyl sites for hydroxylation is 2. The van der Waals surface area contributed by atoms with E-state index in [1.54, 1.807) is 14.2 Å². The van der Waals surface area contributed by atoms with Crippen LogP contribution in [0.1, 0.15) is 18.9 Å². The molecule has 142 valence electrons. The molecule has 6 heteroatoms. The summed E-state index contributed by atoms with van der Waals surface area (Å²) in [6.45, 7) is 3.55. The van der Waals surface area contributed by atoms with Gasteiger partial charge in [-0.05, 0) is 42.7 Å². The summed E-state index contributed by atoms with van der Waals surface area (Å²) in [6, 6.07) is 14.1. The van der Waals surface area contributed by atoms with E-state index in [1.807, 2.05) is 41.0 Å². The summed E-state index contributed by atoms with van der Waals surface area (Å²) in [5.74, 6) is 1.93. The predicted molar refractivity (Wildman–Crippen MR) is 108 cm³/mol. The van der Waals surface area contributed by atoms with Crippen molar-refractivity contribution in [3.63, 3.8) is 0 Å². The number of ether oxygens (including phenoxy) is 2. The first-order valence-electron chi connectivity index (χ1n) is 9.14. The molecule has 0 aliphatic heterocycles. The molecular weight excluding hydrogens is 340 g/mol. The number of hydrogen-bond donors (Lipinski definition) is 1. The quantitative estimate of drug-likeness (QED) is 0.697. The van der Waals surface area contributed by atoms with Gasteiger partial charge in [-0.3, -0.25) is 4.99 Å². The van der Waals surface area contributed by atoms with E-state index in [-0.39, 0.29) is 0 Å². The second-order valence-electron chi connectivity index (χ2n) is 6.28. The number of rotatable bonds is 7. The van der Waals surface area contributed by atoms with Crippen LogP contribution < -0.4 is 20.7 Å². The topological polar surface area (TPSA) is 74.7 Å². The highest BCUT2D eigenvalue weighted by Crippen LogP contribution is 2.28. The van der Waals surface area contributed by atoms with Crippen molar-refractivity contribution in [2.24, 2.45) is 4.99 Å². The van der Waals surface area contributed by atoms with Crippen molar-refractivity contribution >= 4 is 16.9 Å². The first kappa shape index (κ1) is 18.8. The van der Waals surface area contributed by atoms with Gasteiger partial charge < -0.3 is 19.8 Å². The Morgan fingerprint density at radius 3 is 2.59 bits per heavy atom. The minimum absolute atomic E-state index is 0.476. The molecule has 1 aromatic heterocycles. The number of nitrogen functional groups attached to an aromatic ring is 1. The largest absolute Gasteiger partial charge is 0.493 e. The van der Waals surface area contributed by atoms with Crippen LogP contribution in [0.4, 0.5) is 5.95 Å². The molecular formula is C21H26N4O2. The zero-order chi connectivity index (χ0) is 19.2. The van der Waals surface area contributed by atoms with Crippen LogP contribution in [-0.4, -0.2) is 30.3 Å². The third-order valence-electron chi connectivity index (χ3n) is 4.49. The fourth-order valence-corrected chi connectivity index (χ4v) is 3.10. The SMILES string of the molecule is CCCN=c1nc(N)n(CCc2ccc(OC)c(OC)c2)c2ccccc12. The van der Waals surface area contributed by atoms with E-state index in [0.717, 1.165) is 47.4 Å². The second kappa shape index (κ2) is 8.58. The number of benzene rings is 2. The van der Waals surface area contributed by atoms with Gasteiger partial charge in [0.2, 0.25) is 5.95 Å². The van der Waals surface area contributed by atoms with E-state index >= 15 is 0 Å². The molecule has 6 nitrogen and oxygen atoms in total. The van der Waals surface area contributed by atoms with E-state index in [1.165, 1.54) is 0 Å². The van der Waals surface area contributed by atoms with Crippen molar-refractivity contribution in [1.29, 1.82) is 0 Å². The molecule has 2 N–H and O–H groups in total. The maximum atomic E-state index is 6.27. The number of aromatic nitrogens is 2. The van der Waals surface area contributed by atoms with Gasteiger partial charge in [0.15, 0.2) is 17.0 Å². The fourth-order valence-electron chi connectivity index (χ4n) is 3.10. The van der Waals surface area contributed by atoms with Gasteiger partial charge in [0.25, 0.3) is 0 Å². The molecule has 0 atom stereocenters. The Kier molecular flexibility index (Phi) is 5.96. The van der Waals surface area contributed by atoms with Gasteiger partial charge in [-0.2, -0.15) is 4.98 Å². The van der Waals surface area contributed by atoms with E-state index < -0.39 is 0 Å². The summed E-state index contributed by atoms with van der Waals surface area (Å²) in [6.07, 6.45) is 1.77. The molecule has 0 saturated carbocycles. The highest BCUT2D eigenvalue weighted by Gasteiger charge is 2.09. The van der Waals surface area contributed by atoms with Crippen molar-refractivity contribution in [3.05, 3.63) is 53.5 Å². The van der Waals surface area contributed by atoms with Gasteiger partial charge in [-0.15, -0.1) is 0 Å². The minimum Gasteiger partial charge on any atom is -0.493 e. The molecule has 2 aromatic carbocycles. The van der Waals surface area contributed by atoms with Crippen LogP contribution >= 0.6 is 0 Å². The van der Waals surface area contributed by atoms with Crippen molar-refractivity contribution in [3.8, 4) is 11.5 Å². The second-order valence-corrected chi connectivity index (χ2v) is 6.28. The van der Waals surface area contributed by atoms with Crippen LogP contribution in [0.3, 0.4) is 0 Å². The highest BCUT2D eigenvalue weighted by atomic mass is 16.5. The molecule has 0 spiro atoms. The van der Waals surface area contributed by atoms with Gasteiger partial charge in [0, 0.05) is 18.5 Å². The number of anilines is 1. The van der Waals surface area contributed by atoms with Crippen LogP contribution in [0, 0.1) is 0 Å². The van der Waals surface area contributed by atoms with Crippen molar-refractivity contribution in [2.75, 3.05) is 26.5 Å². The Bertz CT molecular complexity index is 995. The van der Waals surface area contributed by atoms with E-state index in [2.05, 4.69) is 23.0 Å². The third-order valence-corrected chi connectivity index (χ3v) is 4.49. The molecule has 0 aliphatic carbocycles. The predicted octanol–water partition coefficient (Wildman–Crippen LogP) is 3.19. The lowest BCUT2D eigenvalue weighted by Crippen LogP contribution is -2.20. The monoisotopic (exact) mass is 366 g/mol. The molecule has 3 rings (SSSR count). The molecule has 0 aliphatic rings. The van der Waals surface area contributed by atoms with Crippen LogP contribution in [0.5, 0.6) is 11.5 Å². The van der Waals surface area contributed by atoms with Crippen LogP contribution in [0.15, 0.2) is 47.5 Å². The van der Waals surface area contributed by atoms with Gasteiger partial charge in [0.05, 0.1) is 19.7 Å². The summed E-state index contributed by atoms with van der Waals surface area (Å²) in [4.78, 5) is 9.12. The van der Waals surface area contributed by atoms with Gasteiger partial charge >= 0.3 is 0 Å². The van der Waals surface area contributed by atoms with Crippen molar-refractivity contribution in [2.45, 2.75) is 26.3 Å². The Balaban J connectivity index is 1.95. The van der Waals surface area contributed by atoms with E-state index in [0.29, 0.717) is 18.0 Å². The molecule has 0 bridgehead atoms. The van der Waals surface area contributed by atoms with Gasteiger partial charge in [-0.1, -0.05) is 25.1 Å². The summed E-state index contributed by atoms with van der Waals surface area (Å²) >= 11 is 0. The molecule has 1 heterocycles. The number of para-hydroxylation sites is 1. The number of fused-ring (bicyclic) bond motifs is 1. The smallest absolute Gasteiger partial charge is 0.202 e. The molecule has 0 unspecified atom stereocenters. The molecule has 0 fully saturated rings. The number of nitrogens with two attached hydrogens (primary N) is 1. The van der Waals surface area contributed by atoms with Crippen LogP contribution in [0.2, 0.25) is 0 Å². The summed E-state index contributed by atoms with van der Waals surface area (Å²) in [5.41, 5.74) is 9.17. The Morgan fingerprint density at radius 1 is 1.07 bits per heavy atom. The highest BCUT2D eigenvalue weighted by molar-refractivity contribution is 5.79. The number of nitrogens with zero attached hydrogens (tertiary/aromatic N) is 3. The average molecular weight is 366 g/mol. The lowest BCUT2D eigenvalue weighted by molar-refractivity contribution is 0.354.